The van der Waals surface area contributed by atoms with Gasteiger partial charge in [-0.05, 0) is 18.2 Å². The minimum absolute atomic E-state index is 0.0293. The molecule has 0 spiro atoms. The number of methoxy groups -OCH3 is 1. The average Bonchev–Trinajstić information content (AvgIpc) is 2.37. The molecular formula is C11H9ClF3NO4. The molecular weight excluding hydrogens is 303 g/mol. The number of hydrogen-bond donors (Lipinski definition) is 1. The summed E-state index contributed by atoms with van der Waals surface area (Å²) in [6, 6.07) is 3.77. The minimum Gasteiger partial charge on any atom is -0.465 e. The van der Waals surface area contributed by atoms with E-state index in [9.17, 15) is 22.8 Å². The van der Waals surface area contributed by atoms with E-state index in [2.05, 4.69) is 9.47 Å². The molecule has 1 N–H and O–H groups in total. The SMILES string of the molecule is COC(=O)c1ccc(Cl)c(NC(=O)OCC(F)(F)F)c1. The summed E-state index contributed by atoms with van der Waals surface area (Å²) in [5.74, 6) is -0.687. The van der Waals surface area contributed by atoms with Crippen molar-refractivity contribution in [3.63, 3.8) is 0 Å². The Morgan fingerprint density at radius 3 is 2.55 bits per heavy atom. The van der Waals surface area contributed by atoms with Crippen LogP contribution in [-0.2, 0) is 9.47 Å². The van der Waals surface area contributed by atoms with E-state index in [0.717, 1.165) is 13.2 Å². The first kappa shape index (κ1) is 16.1. The van der Waals surface area contributed by atoms with Crippen LogP contribution in [0.2, 0.25) is 5.02 Å². The number of rotatable bonds is 3. The Labute approximate surface area is 116 Å². The number of alkyl halides is 3. The molecule has 0 aliphatic carbocycles. The predicted molar refractivity (Wildman–Crippen MR) is 63.8 cm³/mol. The molecule has 9 heteroatoms. The van der Waals surface area contributed by atoms with E-state index >= 15 is 0 Å². The molecule has 1 amide bonds. The van der Waals surface area contributed by atoms with Gasteiger partial charge in [0, 0.05) is 0 Å². The van der Waals surface area contributed by atoms with Crippen LogP contribution in [-0.4, -0.2) is 32.0 Å². The molecule has 1 aromatic rings. The van der Waals surface area contributed by atoms with E-state index in [1.165, 1.54) is 12.1 Å². The Kier molecular flexibility index (Phi) is 5.20. The average molecular weight is 312 g/mol. The van der Waals surface area contributed by atoms with Gasteiger partial charge in [-0.2, -0.15) is 13.2 Å². The second kappa shape index (κ2) is 6.47. The van der Waals surface area contributed by atoms with Crippen molar-refractivity contribution in [3.05, 3.63) is 28.8 Å². The Balaban J connectivity index is 2.76. The largest absolute Gasteiger partial charge is 0.465 e. The number of ether oxygens (including phenoxy) is 2. The van der Waals surface area contributed by atoms with Gasteiger partial charge in [-0.25, -0.2) is 9.59 Å². The Morgan fingerprint density at radius 2 is 2.00 bits per heavy atom. The fourth-order valence-corrected chi connectivity index (χ4v) is 1.32. The summed E-state index contributed by atoms with van der Waals surface area (Å²) in [5.41, 5.74) is 0.00441. The van der Waals surface area contributed by atoms with Crippen molar-refractivity contribution in [2.45, 2.75) is 6.18 Å². The quantitative estimate of drug-likeness (QED) is 0.870. The molecule has 0 radical (unpaired) electrons. The number of benzene rings is 1. The van der Waals surface area contributed by atoms with E-state index in [-0.39, 0.29) is 16.3 Å². The topological polar surface area (TPSA) is 64.6 Å². The van der Waals surface area contributed by atoms with Gasteiger partial charge in [0.15, 0.2) is 6.61 Å². The number of carbonyl (C=O) groups is 2. The molecule has 0 aromatic heterocycles. The maximum atomic E-state index is 11.9. The third-order valence-electron chi connectivity index (χ3n) is 1.99. The van der Waals surface area contributed by atoms with Crippen LogP contribution in [0.15, 0.2) is 18.2 Å². The van der Waals surface area contributed by atoms with E-state index in [0.29, 0.717) is 0 Å². The Hall–Kier alpha value is -1.96. The molecule has 1 rings (SSSR count). The van der Waals surface area contributed by atoms with E-state index in [1.807, 2.05) is 5.32 Å². The van der Waals surface area contributed by atoms with Crippen LogP contribution in [0.1, 0.15) is 10.4 Å². The van der Waals surface area contributed by atoms with Crippen LogP contribution < -0.4 is 5.32 Å². The van der Waals surface area contributed by atoms with Crippen molar-refractivity contribution in [3.8, 4) is 0 Å². The summed E-state index contributed by atoms with van der Waals surface area (Å²) in [5, 5.41) is 2.03. The van der Waals surface area contributed by atoms with E-state index in [4.69, 9.17) is 11.6 Å². The zero-order chi connectivity index (χ0) is 15.3. The lowest BCUT2D eigenvalue weighted by atomic mass is 10.2. The molecule has 110 valence electrons. The molecule has 0 aliphatic heterocycles. The van der Waals surface area contributed by atoms with E-state index < -0.39 is 24.8 Å². The zero-order valence-electron chi connectivity index (χ0n) is 10.1. The van der Waals surface area contributed by atoms with Crippen molar-refractivity contribution in [2.24, 2.45) is 0 Å². The van der Waals surface area contributed by atoms with Gasteiger partial charge in [-0.3, -0.25) is 5.32 Å². The second-order valence-electron chi connectivity index (χ2n) is 3.50. The van der Waals surface area contributed by atoms with Gasteiger partial charge < -0.3 is 9.47 Å². The Morgan fingerprint density at radius 1 is 1.35 bits per heavy atom. The van der Waals surface area contributed by atoms with Crippen molar-refractivity contribution >= 4 is 29.4 Å². The van der Waals surface area contributed by atoms with Crippen LogP contribution in [0.5, 0.6) is 0 Å². The highest BCUT2D eigenvalue weighted by atomic mass is 35.5. The maximum Gasteiger partial charge on any atom is 0.422 e. The number of anilines is 1. The van der Waals surface area contributed by atoms with Crippen LogP contribution in [0.3, 0.4) is 0 Å². The van der Waals surface area contributed by atoms with Gasteiger partial charge in [0.1, 0.15) is 0 Å². The first-order valence-electron chi connectivity index (χ1n) is 5.11. The molecule has 0 unspecified atom stereocenters. The molecule has 0 saturated heterocycles. The van der Waals surface area contributed by atoms with Crippen molar-refractivity contribution in [1.82, 2.24) is 0 Å². The number of halogens is 4. The number of carbonyl (C=O) groups excluding carboxylic acids is 2. The smallest absolute Gasteiger partial charge is 0.422 e. The van der Waals surface area contributed by atoms with Crippen molar-refractivity contribution in [1.29, 1.82) is 0 Å². The molecule has 0 saturated carbocycles. The number of amides is 1. The highest BCUT2D eigenvalue weighted by molar-refractivity contribution is 6.33. The standard InChI is InChI=1S/C11H9ClF3NO4/c1-19-9(17)6-2-3-7(12)8(4-6)16-10(18)20-5-11(13,14)15/h2-4H,5H2,1H3,(H,16,18). The second-order valence-corrected chi connectivity index (χ2v) is 3.91. The third-order valence-corrected chi connectivity index (χ3v) is 2.32. The molecule has 0 heterocycles. The molecule has 0 fully saturated rings. The van der Waals surface area contributed by atoms with Gasteiger partial charge in [-0.15, -0.1) is 0 Å². The lowest BCUT2D eigenvalue weighted by molar-refractivity contribution is -0.159. The van der Waals surface area contributed by atoms with Crippen molar-refractivity contribution < 1.29 is 32.2 Å². The summed E-state index contributed by atoms with van der Waals surface area (Å²) in [6.07, 6.45) is -5.97. The number of hydrogen-bond acceptors (Lipinski definition) is 4. The molecule has 1 aromatic carbocycles. The lowest BCUT2D eigenvalue weighted by Crippen LogP contribution is -2.23. The monoisotopic (exact) mass is 311 g/mol. The molecule has 0 aliphatic rings. The fraction of sp³-hybridized carbons (Fsp3) is 0.273. The summed E-state index contributed by atoms with van der Waals surface area (Å²) < 4.78 is 44.0. The Bertz CT molecular complexity index is 519. The highest BCUT2D eigenvalue weighted by Gasteiger charge is 2.29. The first-order valence-corrected chi connectivity index (χ1v) is 5.49. The summed E-state index contributed by atoms with van der Waals surface area (Å²) in [6.45, 7) is -1.73. The van der Waals surface area contributed by atoms with Crippen LogP contribution >= 0.6 is 11.6 Å². The van der Waals surface area contributed by atoms with Gasteiger partial charge in [-0.1, -0.05) is 11.6 Å². The van der Waals surface area contributed by atoms with Gasteiger partial charge >= 0.3 is 18.2 Å². The van der Waals surface area contributed by atoms with Gasteiger partial charge in [0.05, 0.1) is 23.4 Å². The molecule has 20 heavy (non-hydrogen) atoms. The van der Waals surface area contributed by atoms with Gasteiger partial charge in [0.2, 0.25) is 0 Å². The number of nitrogens with one attached hydrogen (secondary N) is 1. The summed E-state index contributed by atoms with van der Waals surface area (Å²) in [7, 11) is 1.15. The van der Waals surface area contributed by atoms with E-state index in [1.54, 1.807) is 0 Å². The molecule has 0 bridgehead atoms. The zero-order valence-corrected chi connectivity index (χ0v) is 10.8. The summed E-state index contributed by atoms with van der Waals surface area (Å²) in [4.78, 5) is 22.4. The van der Waals surface area contributed by atoms with Crippen LogP contribution in [0.4, 0.5) is 23.7 Å². The maximum absolute atomic E-state index is 11.9. The van der Waals surface area contributed by atoms with Crippen LogP contribution in [0, 0.1) is 0 Å². The number of esters is 1. The van der Waals surface area contributed by atoms with Gasteiger partial charge in [0.25, 0.3) is 0 Å². The fourth-order valence-electron chi connectivity index (χ4n) is 1.16. The highest BCUT2D eigenvalue weighted by Crippen LogP contribution is 2.24. The van der Waals surface area contributed by atoms with Crippen LogP contribution in [0.25, 0.3) is 0 Å². The molecule has 5 nitrogen and oxygen atoms in total. The van der Waals surface area contributed by atoms with Crippen molar-refractivity contribution in [2.75, 3.05) is 19.0 Å². The predicted octanol–water partition coefficient (Wildman–Crippen LogP) is 3.24. The molecule has 0 atom stereocenters. The minimum atomic E-state index is -4.63. The first-order chi connectivity index (χ1) is 9.23. The normalized spacial score (nSPS) is 10.8. The third kappa shape index (κ3) is 4.96. The lowest BCUT2D eigenvalue weighted by Gasteiger charge is -2.10. The summed E-state index contributed by atoms with van der Waals surface area (Å²) >= 11 is 5.73.